The summed E-state index contributed by atoms with van der Waals surface area (Å²) in [5.74, 6) is 1.93. The van der Waals surface area contributed by atoms with Gasteiger partial charge in [0.05, 0.1) is 21.3 Å². The second kappa shape index (κ2) is 20.3. The Balaban J connectivity index is 0.000000399. The van der Waals surface area contributed by atoms with Crippen molar-refractivity contribution in [2.75, 3.05) is 47.6 Å². The number of benzene rings is 2. The van der Waals surface area contributed by atoms with Crippen molar-refractivity contribution in [1.82, 2.24) is 4.90 Å². The Morgan fingerprint density at radius 2 is 1.55 bits per heavy atom. The number of ether oxygens (including phenoxy) is 4. The number of likely N-dealkylation sites (tertiary alicyclic amines) is 1. The molecule has 234 valence electrons. The van der Waals surface area contributed by atoms with E-state index < -0.39 is 5.41 Å². The van der Waals surface area contributed by atoms with E-state index in [1.54, 1.807) is 19.1 Å². The number of methoxy groups -OCH3 is 3. The third-order valence-corrected chi connectivity index (χ3v) is 7.10. The molecule has 0 unspecified atom stereocenters. The van der Waals surface area contributed by atoms with E-state index in [1.807, 2.05) is 45.0 Å². The van der Waals surface area contributed by atoms with Crippen molar-refractivity contribution in [3.05, 3.63) is 53.6 Å². The first-order valence-corrected chi connectivity index (χ1v) is 14.6. The van der Waals surface area contributed by atoms with Gasteiger partial charge in [-0.2, -0.15) is 0 Å². The third kappa shape index (κ3) is 12.9. The molecule has 1 saturated heterocycles. The van der Waals surface area contributed by atoms with Gasteiger partial charge in [0.15, 0.2) is 11.5 Å². The molecule has 0 bridgehead atoms. The molecule has 2 aromatic rings. The maximum atomic E-state index is 11.9. The van der Waals surface area contributed by atoms with Gasteiger partial charge < -0.3 is 29.6 Å². The number of hydrogen-bond acceptors (Lipinski definition) is 8. The molecule has 1 aliphatic heterocycles. The summed E-state index contributed by atoms with van der Waals surface area (Å²) >= 11 is 0. The summed E-state index contributed by atoms with van der Waals surface area (Å²) in [7, 11) is 4.62. The van der Waals surface area contributed by atoms with E-state index in [4.69, 9.17) is 24.7 Å². The fraction of sp³-hybridized carbons (Fsp3) is 0.545. The number of piperidine rings is 1. The number of amides is 1. The van der Waals surface area contributed by atoms with E-state index in [0.29, 0.717) is 26.0 Å². The smallest absolute Gasteiger partial charge is 0.292 e. The van der Waals surface area contributed by atoms with E-state index in [1.165, 1.54) is 24.7 Å². The second-order valence-corrected chi connectivity index (χ2v) is 10.6. The van der Waals surface area contributed by atoms with Crippen molar-refractivity contribution < 1.29 is 33.3 Å². The number of aryl methyl sites for hydroxylation is 2. The van der Waals surface area contributed by atoms with Gasteiger partial charge in [0.2, 0.25) is 5.78 Å². The summed E-state index contributed by atoms with van der Waals surface area (Å²) in [5, 5.41) is 0. The molecule has 2 aromatic carbocycles. The SMILES string of the molecule is CCC(C)(C)C(=O)C(=O)N1CCCCC1.COC=O.COc1ccc(CCCc2cccc(OCCN)c2)cc1OC. The van der Waals surface area contributed by atoms with E-state index in [2.05, 4.69) is 22.9 Å². The molecule has 1 fully saturated rings. The van der Waals surface area contributed by atoms with Crippen LogP contribution in [0.5, 0.6) is 17.2 Å². The van der Waals surface area contributed by atoms with Gasteiger partial charge in [0.1, 0.15) is 12.4 Å². The Kier molecular flexibility index (Phi) is 17.6. The largest absolute Gasteiger partial charge is 0.493 e. The van der Waals surface area contributed by atoms with Crippen LogP contribution in [0.25, 0.3) is 0 Å². The molecule has 0 aliphatic carbocycles. The quantitative estimate of drug-likeness (QED) is 0.257. The Hall–Kier alpha value is -3.59. The highest BCUT2D eigenvalue weighted by atomic mass is 16.5. The lowest BCUT2D eigenvalue weighted by atomic mass is 9.84. The summed E-state index contributed by atoms with van der Waals surface area (Å²) in [6, 6.07) is 14.3. The standard InChI is InChI=1S/C19H25NO3.C12H21NO2.C2H4O2/c1-21-18-10-9-16(14-19(18)22-2)6-3-5-15-7-4-8-17(13-15)23-12-11-20;1-4-12(2,3)10(14)11(15)13-8-6-5-7-9-13;1-4-2-3/h4,7-10,13-14H,3,5-6,11-12,20H2,1-2H3;4-9H2,1-3H3;2H,1H3. The maximum absolute atomic E-state index is 11.9. The zero-order valence-corrected chi connectivity index (χ0v) is 26.3. The molecular formula is C33H50N2O7. The Morgan fingerprint density at radius 3 is 2.10 bits per heavy atom. The Labute approximate surface area is 251 Å². The van der Waals surface area contributed by atoms with Gasteiger partial charge in [-0.1, -0.05) is 39.0 Å². The number of nitrogens with two attached hydrogens (primary N) is 1. The van der Waals surface area contributed by atoms with E-state index in [0.717, 1.165) is 62.4 Å². The van der Waals surface area contributed by atoms with Crippen LogP contribution in [0.15, 0.2) is 42.5 Å². The molecule has 1 heterocycles. The number of rotatable bonds is 13. The summed E-state index contributed by atoms with van der Waals surface area (Å²) in [5.41, 5.74) is 7.48. The Morgan fingerprint density at radius 1 is 0.929 bits per heavy atom. The van der Waals surface area contributed by atoms with E-state index >= 15 is 0 Å². The minimum absolute atomic E-state index is 0.230. The van der Waals surface area contributed by atoms with Gasteiger partial charge in [0.25, 0.3) is 12.4 Å². The highest BCUT2D eigenvalue weighted by Gasteiger charge is 2.34. The van der Waals surface area contributed by atoms with Gasteiger partial charge >= 0.3 is 0 Å². The van der Waals surface area contributed by atoms with Crippen molar-refractivity contribution in [2.45, 2.75) is 65.7 Å². The average molecular weight is 587 g/mol. The number of Topliss-reactive ketones (excluding diaryl/α,β-unsaturated/α-hetero) is 1. The van der Waals surface area contributed by atoms with Crippen molar-refractivity contribution in [3.8, 4) is 17.2 Å². The molecule has 9 nitrogen and oxygen atoms in total. The zero-order valence-electron chi connectivity index (χ0n) is 26.3. The first-order valence-electron chi connectivity index (χ1n) is 14.6. The minimum Gasteiger partial charge on any atom is -0.493 e. The number of hydrogen-bond donors (Lipinski definition) is 1. The number of ketones is 1. The van der Waals surface area contributed by atoms with Crippen molar-refractivity contribution >= 4 is 18.2 Å². The van der Waals surface area contributed by atoms with E-state index in [9.17, 15) is 9.59 Å². The van der Waals surface area contributed by atoms with Gasteiger partial charge in [-0.3, -0.25) is 14.4 Å². The molecular weight excluding hydrogens is 536 g/mol. The normalized spacial score (nSPS) is 12.5. The molecule has 0 radical (unpaired) electrons. The molecule has 0 atom stereocenters. The zero-order chi connectivity index (χ0) is 31.4. The first kappa shape index (κ1) is 36.4. The topological polar surface area (TPSA) is 117 Å². The summed E-state index contributed by atoms with van der Waals surface area (Å²) in [6.07, 6.45) is 7.02. The molecule has 9 heteroatoms. The second-order valence-electron chi connectivity index (χ2n) is 10.6. The predicted octanol–water partition coefficient (Wildman–Crippen LogP) is 5.01. The van der Waals surface area contributed by atoms with Crippen LogP contribution in [0.1, 0.15) is 64.0 Å². The fourth-order valence-corrected chi connectivity index (χ4v) is 4.19. The molecule has 1 amide bonds. The highest BCUT2D eigenvalue weighted by Crippen LogP contribution is 2.28. The van der Waals surface area contributed by atoms with Gasteiger partial charge in [-0.25, -0.2) is 0 Å². The number of carbonyl (C=O) groups excluding carboxylic acids is 3. The molecule has 1 aliphatic rings. The Bertz CT molecular complexity index is 1080. The van der Waals surface area contributed by atoms with Crippen LogP contribution in [0, 0.1) is 5.41 Å². The van der Waals surface area contributed by atoms with Crippen LogP contribution in [0.4, 0.5) is 0 Å². The summed E-state index contributed by atoms with van der Waals surface area (Å²) in [6.45, 7) is 8.60. The minimum atomic E-state index is -0.505. The van der Waals surface area contributed by atoms with E-state index in [-0.39, 0.29) is 11.7 Å². The van der Waals surface area contributed by atoms with Crippen LogP contribution in [-0.4, -0.2) is 70.6 Å². The van der Waals surface area contributed by atoms with Crippen LogP contribution >= 0.6 is 0 Å². The van der Waals surface area contributed by atoms with Crippen molar-refractivity contribution in [3.63, 3.8) is 0 Å². The molecule has 2 N–H and O–H groups in total. The highest BCUT2D eigenvalue weighted by molar-refractivity contribution is 6.37. The third-order valence-electron chi connectivity index (χ3n) is 7.10. The average Bonchev–Trinajstić information content (AvgIpc) is 3.03. The fourth-order valence-electron chi connectivity index (χ4n) is 4.19. The van der Waals surface area contributed by atoms with Gasteiger partial charge in [-0.15, -0.1) is 0 Å². The maximum Gasteiger partial charge on any atom is 0.292 e. The van der Waals surface area contributed by atoms with Gasteiger partial charge in [0, 0.05) is 25.0 Å². The lowest BCUT2D eigenvalue weighted by Gasteiger charge is -2.29. The van der Waals surface area contributed by atoms with Crippen molar-refractivity contribution in [1.29, 1.82) is 0 Å². The number of carbonyl (C=O) groups is 3. The lowest BCUT2D eigenvalue weighted by Crippen LogP contribution is -2.44. The molecule has 0 aromatic heterocycles. The predicted molar refractivity (Wildman–Crippen MR) is 165 cm³/mol. The van der Waals surface area contributed by atoms with Crippen LogP contribution in [-0.2, 0) is 32.0 Å². The lowest BCUT2D eigenvalue weighted by molar-refractivity contribution is -0.149. The first-order chi connectivity index (χ1) is 20.2. The number of nitrogens with zero attached hydrogens (tertiary/aromatic N) is 1. The molecule has 42 heavy (non-hydrogen) atoms. The summed E-state index contributed by atoms with van der Waals surface area (Å²) in [4.78, 5) is 34.4. The summed E-state index contributed by atoms with van der Waals surface area (Å²) < 4.78 is 20.0. The van der Waals surface area contributed by atoms with Gasteiger partial charge in [-0.05, 0) is 80.3 Å². The van der Waals surface area contributed by atoms with Crippen LogP contribution < -0.4 is 19.9 Å². The van der Waals surface area contributed by atoms with Crippen LogP contribution in [0.2, 0.25) is 0 Å². The van der Waals surface area contributed by atoms with Crippen LogP contribution in [0.3, 0.4) is 0 Å². The molecule has 3 rings (SSSR count). The van der Waals surface area contributed by atoms with Crippen molar-refractivity contribution in [2.24, 2.45) is 11.1 Å². The monoisotopic (exact) mass is 586 g/mol. The molecule has 0 saturated carbocycles. The molecule has 0 spiro atoms.